The first-order valence-electron chi connectivity index (χ1n) is 2.92. The summed E-state index contributed by atoms with van der Waals surface area (Å²) >= 11 is -1.63. The fraction of sp³-hybridized carbons (Fsp3) is 0.667. The van der Waals surface area contributed by atoms with Crippen LogP contribution in [0.3, 0.4) is 0 Å². The third-order valence-corrected chi connectivity index (χ3v) is 1.98. The Morgan fingerprint density at radius 2 is 2.50 bits per heavy atom. The number of hydrogen-bond donors (Lipinski definition) is 0. The van der Waals surface area contributed by atoms with Crippen LogP contribution in [0.2, 0.25) is 0 Å². The van der Waals surface area contributed by atoms with Crippen LogP contribution >= 0.6 is 0 Å². The van der Waals surface area contributed by atoms with Crippen LogP contribution in [0.25, 0.3) is 0 Å². The lowest BCUT2D eigenvalue weighted by Crippen LogP contribution is -2.31. The minimum atomic E-state index is -1.63. The average molecular weight is 160 g/mol. The molecule has 3 unspecified atom stereocenters. The molecule has 0 amide bonds. The molecule has 1 fully saturated rings. The summed E-state index contributed by atoms with van der Waals surface area (Å²) in [5.74, 6) is 2.52. The maximum atomic E-state index is 10.5. The van der Waals surface area contributed by atoms with Gasteiger partial charge in [-0.15, -0.1) is 6.42 Å². The van der Waals surface area contributed by atoms with Crippen LogP contribution < -0.4 is 0 Å². The number of hydrogen-bond acceptors (Lipinski definition) is 3. The smallest absolute Gasteiger partial charge is 0.268 e. The van der Waals surface area contributed by atoms with E-state index < -0.39 is 11.4 Å². The van der Waals surface area contributed by atoms with E-state index in [2.05, 4.69) is 10.1 Å². The summed E-state index contributed by atoms with van der Waals surface area (Å²) < 4.78 is 20.0. The molecule has 1 saturated heterocycles. The average Bonchev–Trinajstić information content (AvgIpc) is 1.94. The van der Waals surface area contributed by atoms with Crippen molar-refractivity contribution >= 4 is 11.4 Å². The lowest BCUT2D eigenvalue weighted by Gasteiger charge is -2.22. The SMILES string of the molecule is C#CC1OS(=O)OCC1C. The molecule has 3 atom stereocenters. The first kappa shape index (κ1) is 7.73. The van der Waals surface area contributed by atoms with Gasteiger partial charge in [0.05, 0.1) is 6.61 Å². The Hall–Kier alpha value is -0.370. The molecular formula is C6H8O3S. The zero-order valence-electron chi connectivity index (χ0n) is 5.57. The highest BCUT2D eigenvalue weighted by Gasteiger charge is 2.25. The van der Waals surface area contributed by atoms with Crippen molar-refractivity contribution in [2.75, 3.05) is 6.61 Å². The van der Waals surface area contributed by atoms with Gasteiger partial charge in [0.25, 0.3) is 0 Å². The summed E-state index contributed by atoms with van der Waals surface area (Å²) in [6.07, 6.45) is 4.72. The topological polar surface area (TPSA) is 35.5 Å². The third-order valence-electron chi connectivity index (χ3n) is 1.29. The largest absolute Gasteiger partial charge is 0.305 e. The molecular weight excluding hydrogens is 152 g/mol. The van der Waals surface area contributed by atoms with Gasteiger partial charge in [0.1, 0.15) is 6.10 Å². The summed E-state index contributed by atoms with van der Waals surface area (Å²) in [6.45, 7) is 2.29. The van der Waals surface area contributed by atoms with Crippen LogP contribution in [0.1, 0.15) is 6.92 Å². The van der Waals surface area contributed by atoms with Gasteiger partial charge in [-0.2, -0.15) is 4.21 Å². The van der Waals surface area contributed by atoms with Crippen molar-refractivity contribution in [2.24, 2.45) is 5.92 Å². The zero-order valence-corrected chi connectivity index (χ0v) is 6.39. The summed E-state index contributed by atoms with van der Waals surface area (Å²) in [7, 11) is 0. The van der Waals surface area contributed by atoms with Crippen LogP contribution in [-0.4, -0.2) is 16.9 Å². The second-order valence-electron chi connectivity index (χ2n) is 2.15. The van der Waals surface area contributed by atoms with Crippen molar-refractivity contribution in [3.05, 3.63) is 0 Å². The minimum absolute atomic E-state index is 0.127. The normalized spacial score (nSPS) is 40.6. The van der Waals surface area contributed by atoms with Crippen LogP contribution in [0, 0.1) is 18.3 Å². The Balaban J connectivity index is 2.56. The highest BCUT2D eigenvalue weighted by molar-refractivity contribution is 7.75. The van der Waals surface area contributed by atoms with Crippen molar-refractivity contribution in [1.29, 1.82) is 0 Å². The fourth-order valence-corrected chi connectivity index (χ4v) is 1.45. The maximum Gasteiger partial charge on any atom is 0.305 e. The zero-order chi connectivity index (χ0) is 7.56. The summed E-state index contributed by atoms with van der Waals surface area (Å²) in [6, 6.07) is 0. The van der Waals surface area contributed by atoms with Gasteiger partial charge >= 0.3 is 11.4 Å². The van der Waals surface area contributed by atoms with Gasteiger partial charge in [0.15, 0.2) is 0 Å². The minimum Gasteiger partial charge on any atom is -0.268 e. The third kappa shape index (κ3) is 1.57. The van der Waals surface area contributed by atoms with Gasteiger partial charge in [-0.3, -0.25) is 8.37 Å². The highest BCUT2D eigenvalue weighted by Crippen LogP contribution is 2.15. The van der Waals surface area contributed by atoms with Gasteiger partial charge in [-0.05, 0) is 0 Å². The van der Waals surface area contributed by atoms with Crippen LogP contribution in [0.15, 0.2) is 0 Å². The van der Waals surface area contributed by atoms with E-state index in [1.54, 1.807) is 0 Å². The quantitative estimate of drug-likeness (QED) is 0.476. The first-order valence-corrected chi connectivity index (χ1v) is 3.92. The molecule has 10 heavy (non-hydrogen) atoms. The van der Waals surface area contributed by atoms with E-state index >= 15 is 0 Å². The van der Waals surface area contributed by atoms with E-state index in [1.165, 1.54) is 0 Å². The van der Waals surface area contributed by atoms with Gasteiger partial charge in [-0.1, -0.05) is 12.8 Å². The van der Waals surface area contributed by atoms with E-state index in [-0.39, 0.29) is 12.0 Å². The Morgan fingerprint density at radius 3 is 3.00 bits per heavy atom. The molecule has 4 heteroatoms. The molecule has 1 rings (SSSR count). The Labute approximate surface area is 62.6 Å². The predicted molar refractivity (Wildman–Crippen MR) is 37.0 cm³/mol. The van der Waals surface area contributed by atoms with Gasteiger partial charge < -0.3 is 0 Å². The predicted octanol–water partition coefficient (Wildman–Crippen LogP) is 0.250. The van der Waals surface area contributed by atoms with E-state index in [0.717, 1.165) is 0 Å². The summed E-state index contributed by atoms with van der Waals surface area (Å²) in [5, 5.41) is 0. The Bertz CT molecular complexity index is 184. The molecule has 0 bridgehead atoms. The maximum absolute atomic E-state index is 10.5. The fourth-order valence-electron chi connectivity index (χ4n) is 0.650. The van der Waals surface area contributed by atoms with Crippen LogP contribution in [0.5, 0.6) is 0 Å². The molecule has 0 aromatic carbocycles. The number of terminal acetylenes is 1. The lowest BCUT2D eigenvalue weighted by molar-refractivity contribution is 0.0952. The van der Waals surface area contributed by atoms with Gasteiger partial charge in [0, 0.05) is 5.92 Å². The molecule has 0 aliphatic carbocycles. The van der Waals surface area contributed by atoms with Crippen molar-refractivity contribution in [3.63, 3.8) is 0 Å². The van der Waals surface area contributed by atoms with E-state index in [1.807, 2.05) is 6.92 Å². The van der Waals surface area contributed by atoms with Gasteiger partial charge in [0.2, 0.25) is 0 Å². The molecule has 0 N–H and O–H groups in total. The molecule has 1 aliphatic rings. The molecule has 3 nitrogen and oxygen atoms in total. The van der Waals surface area contributed by atoms with Crippen molar-refractivity contribution in [1.82, 2.24) is 0 Å². The molecule has 0 aromatic heterocycles. The number of rotatable bonds is 0. The lowest BCUT2D eigenvalue weighted by atomic mass is 10.1. The molecule has 0 spiro atoms. The highest BCUT2D eigenvalue weighted by atomic mass is 32.2. The molecule has 1 heterocycles. The Kier molecular flexibility index (Phi) is 2.44. The van der Waals surface area contributed by atoms with E-state index in [9.17, 15) is 4.21 Å². The van der Waals surface area contributed by atoms with Crippen LogP contribution in [-0.2, 0) is 19.7 Å². The summed E-state index contributed by atoms with van der Waals surface area (Å²) in [4.78, 5) is 0. The molecule has 0 saturated carbocycles. The first-order chi connectivity index (χ1) is 4.74. The van der Waals surface area contributed by atoms with E-state index in [0.29, 0.717) is 6.61 Å². The van der Waals surface area contributed by atoms with Gasteiger partial charge in [-0.25, -0.2) is 0 Å². The van der Waals surface area contributed by atoms with Crippen LogP contribution in [0.4, 0.5) is 0 Å². The Morgan fingerprint density at radius 1 is 1.80 bits per heavy atom. The van der Waals surface area contributed by atoms with E-state index in [4.69, 9.17) is 10.6 Å². The molecule has 56 valence electrons. The second kappa shape index (κ2) is 3.15. The summed E-state index contributed by atoms with van der Waals surface area (Å²) in [5.41, 5.74) is 0. The molecule has 0 aromatic rings. The molecule has 0 radical (unpaired) electrons. The van der Waals surface area contributed by atoms with Crippen molar-refractivity contribution in [3.8, 4) is 12.3 Å². The van der Waals surface area contributed by atoms with Crippen molar-refractivity contribution < 1.29 is 12.6 Å². The van der Waals surface area contributed by atoms with Crippen molar-refractivity contribution in [2.45, 2.75) is 13.0 Å². The second-order valence-corrected chi connectivity index (χ2v) is 2.99. The monoisotopic (exact) mass is 160 g/mol. The molecule has 1 aliphatic heterocycles. The standard InChI is InChI=1S/C6H8O3S/c1-3-6-5(2)4-8-10(7)9-6/h1,5-6H,4H2,2H3.